The molecule has 1 aromatic heterocycles. The van der Waals surface area contributed by atoms with Gasteiger partial charge in [-0.1, -0.05) is 12.1 Å². The molecule has 0 bridgehead atoms. The molecular weight excluding hydrogens is 224 g/mol. The summed E-state index contributed by atoms with van der Waals surface area (Å²) in [6, 6.07) is 7.79. The smallest absolute Gasteiger partial charge is 0.244 e. The van der Waals surface area contributed by atoms with Crippen LogP contribution in [0.4, 0.5) is 14.7 Å². The van der Waals surface area contributed by atoms with Gasteiger partial charge in [0.25, 0.3) is 0 Å². The van der Waals surface area contributed by atoms with E-state index in [2.05, 4.69) is 4.98 Å². The van der Waals surface area contributed by atoms with E-state index in [-0.39, 0.29) is 0 Å². The lowest BCUT2D eigenvalue weighted by atomic mass is 10.0. The number of halogens is 2. The molecule has 5 heteroatoms. The third kappa shape index (κ3) is 1.57. The first-order chi connectivity index (χ1) is 8.16. The van der Waals surface area contributed by atoms with Crippen LogP contribution in [0.25, 0.3) is 11.0 Å². The van der Waals surface area contributed by atoms with E-state index in [0.717, 1.165) is 17.0 Å². The van der Waals surface area contributed by atoms with E-state index in [4.69, 9.17) is 0 Å². The van der Waals surface area contributed by atoms with Crippen LogP contribution < -0.4 is 4.90 Å². The van der Waals surface area contributed by atoms with Gasteiger partial charge in [0.1, 0.15) is 0 Å². The van der Waals surface area contributed by atoms with Crippen molar-refractivity contribution in [3.05, 3.63) is 24.3 Å². The molecule has 1 aliphatic heterocycles. The molecule has 2 aromatic rings. The standard InChI is InChI=1S/C12H13F2N3/c1-16-10-5-3-2-4-9(10)15-12(16)17-6-8(7-17)11(13)14/h2-5,8,11H,6-7H2,1H3. The number of rotatable bonds is 2. The van der Waals surface area contributed by atoms with Crippen LogP contribution in [0.2, 0.25) is 0 Å². The molecule has 3 nitrogen and oxygen atoms in total. The summed E-state index contributed by atoms with van der Waals surface area (Å²) in [5, 5.41) is 0. The van der Waals surface area contributed by atoms with Crippen LogP contribution in [0.5, 0.6) is 0 Å². The molecule has 0 saturated carbocycles. The van der Waals surface area contributed by atoms with Crippen LogP contribution in [-0.4, -0.2) is 29.1 Å². The predicted molar refractivity (Wildman–Crippen MR) is 62.4 cm³/mol. The number of anilines is 1. The van der Waals surface area contributed by atoms with Gasteiger partial charge in [-0.15, -0.1) is 0 Å². The molecule has 1 aromatic carbocycles. The molecule has 1 saturated heterocycles. The molecular formula is C12H13F2N3. The van der Waals surface area contributed by atoms with Gasteiger partial charge >= 0.3 is 0 Å². The summed E-state index contributed by atoms with van der Waals surface area (Å²) in [6.45, 7) is 0.795. The fraction of sp³-hybridized carbons (Fsp3) is 0.417. The number of alkyl halides is 2. The maximum atomic E-state index is 12.4. The first-order valence-electron chi connectivity index (χ1n) is 5.61. The van der Waals surface area contributed by atoms with Gasteiger partial charge in [-0.25, -0.2) is 13.8 Å². The van der Waals surface area contributed by atoms with Gasteiger partial charge in [-0.2, -0.15) is 0 Å². The van der Waals surface area contributed by atoms with Crippen LogP contribution in [0.1, 0.15) is 0 Å². The van der Waals surface area contributed by atoms with Gasteiger partial charge in [0, 0.05) is 20.1 Å². The van der Waals surface area contributed by atoms with Crippen LogP contribution in [0, 0.1) is 5.92 Å². The summed E-state index contributed by atoms with van der Waals surface area (Å²) in [5.74, 6) is 0.276. The van der Waals surface area contributed by atoms with Crippen molar-refractivity contribution in [2.75, 3.05) is 18.0 Å². The SMILES string of the molecule is Cn1c(N2CC(C(F)F)C2)nc2ccccc21. The summed E-state index contributed by atoms with van der Waals surface area (Å²) >= 11 is 0. The van der Waals surface area contributed by atoms with E-state index in [9.17, 15) is 8.78 Å². The van der Waals surface area contributed by atoms with E-state index in [1.54, 1.807) is 0 Å². The Morgan fingerprint density at radius 3 is 2.65 bits per heavy atom. The van der Waals surface area contributed by atoms with Crippen LogP contribution >= 0.6 is 0 Å². The van der Waals surface area contributed by atoms with Crippen LogP contribution in [-0.2, 0) is 7.05 Å². The normalized spacial score (nSPS) is 16.8. The molecule has 90 valence electrons. The molecule has 0 N–H and O–H groups in total. The Kier molecular flexibility index (Phi) is 2.28. The summed E-state index contributed by atoms with van der Waals surface area (Å²) in [4.78, 5) is 6.37. The lowest BCUT2D eigenvalue weighted by Crippen LogP contribution is -2.51. The number of nitrogens with zero attached hydrogens (tertiary/aromatic N) is 3. The van der Waals surface area contributed by atoms with Gasteiger partial charge < -0.3 is 9.47 Å². The van der Waals surface area contributed by atoms with Crippen molar-refractivity contribution in [3.63, 3.8) is 0 Å². The second-order valence-electron chi connectivity index (χ2n) is 4.46. The summed E-state index contributed by atoms with van der Waals surface area (Å²) < 4.78 is 26.8. The van der Waals surface area contributed by atoms with Gasteiger partial charge in [0.2, 0.25) is 12.4 Å². The molecule has 3 rings (SSSR count). The van der Waals surface area contributed by atoms with Crippen molar-refractivity contribution in [1.29, 1.82) is 0 Å². The quantitative estimate of drug-likeness (QED) is 0.799. The molecule has 0 spiro atoms. The summed E-state index contributed by atoms with van der Waals surface area (Å²) in [7, 11) is 1.92. The molecule has 1 aliphatic rings. The topological polar surface area (TPSA) is 21.1 Å². The average Bonchev–Trinajstić information content (AvgIpc) is 2.55. The Hall–Kier alpha value is -1.65. The number of fused-ring (bicyclic) bond motifs is 1. The predicted octanol–water partition coefficient (Wildman–Crippen LogP) is 2.27. The average molecular weight is 237 g/mol. The molecule has 0 aliphatic carbocycles. The van der Waals surface area contributed by atoms with Gasteiger partial charge in [0.05, 0.1) is 17.0 Å². The Balaban J connectivity index is 1.90. The molecule has 0 amide bonds. The molecule has 2 heterocycles. The highest BCUT2D eigenvalue weighted by molar-refractivity contribution is 5.78. The minimum absolute atomic E-state index is 0.398. The lowest BCUT2D eigenvalue weighted by Gasteiger charge is -2.39. The first-order valence-corrected chi connectivity index (χ1v) is 5.61. The molecule has 0 unspecified atom stereocenters. The number of hydrogen-bond donors (Lipinski definition) is 0. The van der Waals surface area contributed by atoms with E-state index < -0.39 is 12.3 Å². The zero-order chi connectivity index (χ0) is 12.0. The maximum Gasteiger partial charge on any atom is 0.244 e. The highest BCUT2D eigenvalue weighted by atomic mass is 19.3. The number of aromatic nitrogens is 2. The van der Waals surface area contributed by atoms with Crippen molar-refractivity contribution in [2.24, 2.45) is 13.0 Å². The van der Waals surface area contributed by atoms with Crippen molar-refractivity contribution in [2.45, 2.75) is 6.43 Å². The number of benzene rings is 1. The van der Waals surface area contributed by atoms with Crippen molar-refractivity contribution in [1.82, 2.24) is 9.55 Å². The molecule has 0 radical (unpaired) electrons. The van der Waals surface area contributed by atoms with Crippen molar-refractivity contribution >= 4 is 17.0 Å². The largest absolute Gasteiger partial charge is 0.341 e. The van der Waals surface area contributed by atoms with Crippen LogP contribution in [0.3, 0.4) is 0 Å². The van der Waals surface area contributed by atoms with Crippen LogP contribution in [0.15, 0.2) is 24.3 Å². The van der Waals surface area contributed by atoms with Crippen molar-refractivity contribution in [3.8, 4) is 0 Å². The van der Waals surface area contributed by atoms with Crippen molar-refractivity contribution < 1.29 is 8.78 Å². The van der Waals surface area contributed by atoms with E-state index in [1.165, 1.54) is 0 Å². The monoisotopic (exact) mass is 237 g/mol. The summed E-state index contributed by atoms with van der Waals surface area (Å²) in [5.41, 5.74) is 1.94. The maximum absolute atomic E-state index is 12.4. The zero-order valence-electron chi connectivity index (χ0n) is 9.48. The molecule has 17 heavy (non-hydrogen) atoms. The Morgan fingerprint density at radius 2 is 2.00 bits per heavy atom. The number of imidazole rings is 1. The molecule has 1 fully saturated rings. The highest BCUT2D eigenvalue weighted by Gasteiger charge is 2.35. The fourth-order valence-electron chi connectivity index (χ4n) is 2.25. The zero-order valence-corrected chi connectivity index (χ0v) is 9.48. The minimum Gasteiger partial charge on any atom is -0.341 e. The first kappa shape index (κ1) is 10.5. The minimum atomic E-state index is -2.22. The highest BCUT2D eigenvalue weighted by Crippen LogP contribution is 2.29. The Bertz CT molecular complexity index is 544. The van der Waals surface area contributed by atoms with Gasteiger partial charge in [0.15, 0.2) is 0 Å². The second kappa shape index (κ2) is 3.68. The van der Waals surface area contributed by atoms with Gasteiger partial charge in [-0.3, -0.25) is 0 Å². The lowest BCUT2D eigenvalue weighted by molar-refractivity contribution is 0.0606. The number of hydrogen-bond acceptors (Lipinski definition) is 2. The van der Waals surface area contributed by atoms with E-state index >= 15 is 0 Å². The van der Waals surface area contributed by atoms with Gasteiger partial charge in [-0.05, 0) is 12.1 Å². The third-order valence-corrected chi connectivity index (χ3v) is 3.31. The molecule has 0 atom stereocenters. The van der Waals surface area contributed by atoms with E-state index in [0.29, 0.717) is 13.1 Å². The van der Waals surface area contributed by atoms with E-state index in [1.807, 2.05) is 40.8 Å². The fourth-order valence-corrected chi connectivity index (χ4v) is 2.25. The third-order valence-electron chi connectivity index (χ3n) is 3.31. The Labute approximate surface area is 97.7 Å². The summed E-state index contributed by atoms with van der Waals surface area (Å²) in [6.07, 6.45) is -2.22. The Morgan fingerprint density at radius 1 is 1.29 bits per heavy atom. The number of para-hydroxylation sites is 2. The second-order valence-corrected chi connectivity index (χ2v) is 4.46. The number of aryl methyl sites for hydroxylation is 1.